The normalized spacial score (nSPS) is 17.2. The maximum atomic E-state index is 11.3. The molecule has 1 N–H and O–H groups in total. The minimum atomic E-state index is 0.0180. The number of hydrogen-bond acceptors (Lipinski definition) is 4. The molecule has 0 unspecified atom stereocenters. The maximum absolute atomic E-state index is 11.3. The molecular formula is C12H14N4O. The summed E-state index contributed by atoms with van der Waals surface area (Å²) < 4.78 is 0. The van der Waals surface area contributed by atoms with Crippen molar-refractivity contribution in [1.29, 1.82) is 0 Å². The summed E-state index contributed by atoms with van der Waals surface area (Å²) in [6.07, 6.45) is 0. The molecule has 0 radical (unpaired) electrons. The predicted molar refractivity (Wildman–Crippen MR) is 66.4 cm³/mol. The number of rotatable bonds is 1. The monoisotopic (exact) mass is 230 g/mol. The Morgan fingerprint density at radius 1 is 1.35 bits per heavy atom. The zero-order valence-electron chi connectivity index (χ0n) is 9.90. The molecule has 1 saturated heterocycles. The molecule has 3 rings (SSSR count). The number of carbonyl (C=O) groups excluding carboxylic acids is 1. The van der Waals surface area contributed by atoms with Gasteiger partial charge in [-0.2, -0.15) is 0 Å². The number of nitrogens with one attached hydrogen (secondary N) is 1. The third-order valence-corrected chi connectivity index (χ3v) is 3.05. The second kappa shape index (κ2) is 3.48. The topological polar surface area (TPSA) is 47.9 Å². The first-order valence-electron chi connectivity index (χ1n) is 5.57. The van der Waals surface area contributed by atoms with Gasteiger partial charge >= 0.3 is 0 Å². The van der Waals surface area contributed by atoms with Crippen LogP contribution in [0.5, 0.6) is 0 Å². The molecule has 88 valence electrons. The van der Waals surface area contributed by atoms with Crippen LogP contribution in [0.4, 0.5) is 11.4 Å². The van der Waals surface area contributed by atoms with Crippen molar-refractivity contribution >= 4 is 23.2 Å². The van der Waals surface area contributed by atoms with Crippen LogP contribution in [0.2, 0.25) is 0 Å². The predicted octanol–water partition coefficient (Wildman–Crippen LogP) is 0.685. The van der Waals surface area contributed by atoms with Gasteiger partial charge < -0.3 is 9.80 Å². The van der Waals surface area contributed by atoms with E-state index >= 15 is 0 Å². The quantitative estimate of drug-likeness (QED) is 0.772. The summed E-state index contributed by atoms with van der Waals surface area (Å²) in [6, 6.07) is 6.16. The number of carbonyl (C=O) groups is 1. The van der Waals surface area contributed by atoms with Gasteiger partial charge in [-0.15, -0.1) is 0 Å². The Bertz CT molecular complexity index is 521. The van der Waals surface area contributed by atoms with E-state index in [1.807, 2.05) is 31.1 Å². The first-order chi connectivity index (χ1) is 8.13. The van der Waals surface area contributed by atoms with Crippen molar-refractivity contribution in [2.24, 2.45) is 4.99 Å². The molecule has 0 bridgehead atoms. The van der Waals surface area contributed by atoms with Gasteiger partial charge in [0.1, 0.15) is 6.54 Å². The Morgan fingerprint density at radius 3 is 2.94 bits per heavy atom. The van der Waals surface area contributed by atoms with Gasteiger partial charge in [-0.1, -0.05) is 0 Å². The van der Waals surface area contributed by atoms with Gasteiger partial charge in [-0.3, -0.25) is 10.1 Å². The molecule has 1 aromatic rings. The number of hydrogen-bond donors (Lipinski definition) is 1. The van der Waals surface area contributed by atoms with Gasteiger partial charge in [-0.25, -0.2) is 4.99 Å². The average Bonchev–Trinajstić information content (AvgIpc) is 2.63. The Balaban J connectivity index is 2.00. The number of guanidine groups is 1. The zero-order chi connectivity index (χ0) is 12.0. The van der Waals surface area contributed by atoms with Crippen molar-refractivity contribution in [1.82, 2.24) is 10.2 Å². The highest BCUT2D eigenvalue weighted by Crippen LogP contribution is 2.30. The zero-order valence-corrected chi connectivity index (χ0v) is 9.90. The fourth-order valence-corrected chi connectivity index (χ4v) is 2.13. The lowest BCUT2D eigenvalue weighted by Gasteiger charge is -2.24. The van der Waals surface area contributed by atoms with E-state index in [1.165, 1.54) is 0 Å². The lowest BCUT2D eigenvalue weighted by atomic mass is 10.1. The first-order valence-corrected chi connectivity index (χ1v) is 5.57. The van der Waals surface area contributed by atoms with E-state index in [2.05, 4.69) is 21.3 Å². The van der Waals surface area contributed by atoms with Crippen LogP contribution in [0.1, 0.15) is 5.56 Å². The van der Waals surface area contributed by atoms with Crippen LogP contribution < -0.4 is 10.2 Å². The van der Waals surface area contributed by atoms with E-state index in [1.54, 1.807) is 0 Å². The minimum Gasteiger partial charge on any atom is -0.378 e. The van der Waals surface area contributed by atoms with Crippen LogP contribution in [0.3, 0.4) is 0 Å². The fraction of sp³-hybridized carbons (Fsp3) is 0.333. The molecule has 1 aromatic carbocycles. The van der Waals surface area contributed by atoms with Crippen molar-refractivity contribution in [3.05, 3.63) is 23.8 Å². The Kier molecular flexibility index (Phi) is 2.07. The first kappa shape index (κ1) is 10.1. The van der Waals surface area contributed by atoms with Crippen molar-refractivity contribution in [2.45, 2.75) is 6.54 Å². The second-order valence-corrected chi connectivity index (χ2v) is 4.55. The number of nitrogens with zero attached hydrogens (tertiary/aromatic N) is 3. The summed E-state index contributed by atoms with van der Waals surface area (Å²) in [6.45, 7) is 1.15. The number of anilines is 1. The number of amides is 1. The van der Waals surface area contributed by atoms with Crippen molar-refractivity contribution in [3.63, 3.8) is 0 Å². The van der Waals surface area contributed by atoms with Crippen molar-refractivity contribution in [3.8, 4) is 0 Å². The molecule has 1 fully saturated rings. The molecule has 0 aliphatic carbocycles. The second-order valence-electron chi connectivity index (χ2n) is 4.55. The van der Waals surface area contributed by atoms with E-state index < -0.39 is 0 Å². The highest BCUT2D eigenvalue weighted by molar-refractivity contribution is 6.05. The van der Waals surface area contributed by atoms with Gasteiger partial charge in [0, 0.05) is 26.3 Å². The molecule has 1 amide bonds. The summed E-state index contributed by atoms with van der Waals surface area (Å²) in [5.41, 5.74) is 3.27. The number of fused-ring (bicyclic) bond motifs is 2. The van der Waals surface area contributed by atoms with Gasteiger partial charge in [0.2, 0.25) is 11.9 Å². The molecule has 5 nitrogen and oxygen atoms in total. The highest BCUT2D eigenvalue weighted by Gasteiger charge is 2.28. The van der Waals surface area contributed by atoms with E-state index in [-0.39, 0.29) is 5.91 Å². The molecule has 0 atom stereocenters. The minimum absolute atomic E-state index is 0.0180. The van der Waals surface area contributed by atoms with Gasteiger partial charge in [0.25, 0.3) is 0 Å². The lowest BCUT2D eigenvalue weighted by Crippen LogP contribution is -2.32. The van der Waals surface area contributed by atoms with Crippen LogP contribution in [0.15, 0.2) is 23.2 Å². The standard InChI is InChI=1S/C12H14N4O/c1-15(2)9-3-4-10-8(5-9)6-16-7-11(17)14-12(16)13-10/h3-5H,6-7H2,1-2H3,(H,13,14,17). The Hall–Kier alpha value is -2.04. The summed E-state index contributed by atoms with van der Waals surface area (Å²) in [5, 5.41) is 2.76. The van der Waals surface area contributed by atoms with Crippen molar-refractivity contribution in [2.75, 3.05) is 25.5 Å². The summed E-state index contributed by atoms with van der Waals surface area (Å²) in [5.74, 6) is 0.699. The van der Waals surface area contributed by atoms with E-state index in [0.717, 1.165) is 23.5 Å². The molecule has 5 heteroatoms. The van der Waals surface area contributed by atoms with E-state index in [4.69, 9.17) is 0 Å². The average molecular weight is 230 g/mol. The maximum Gasteiger partial charge on any atom is 0.246 e. The van der Waals surface area contributed by atoms with E-state index in [0.29, 0.717) is 12.5 Å². The molecule has 2 aliphatic rings. The summed E-state index contributed by atoms with van der Waals surface area (Å²) >= 11 is 0. The van der Waals surface area contributed by atoms with Crippen LogP contribution in [-0.4, -0.2) is 37.4 Å². The van der Waals surface area contributed by atoms with Gasteiger partial charge in [-0.05, 0) is 23.8 Å². The van der Waals surface area contributed by atoms with E-state index in [9.17, 15) is 4.79 Å². The SMILES string of the molecule is CN(C)c1ccc2c(c1)CN1CC(=O)NC1=N2. The number of aliphatic imine (C=N–C) groups is 1. The molecule has 0 saturated carbocycles. The largest absolute Gasteiger partial charge is 0.378 e. The highest BCUT2D eigenvalue weighted by atomic mass is 16.2. The van der Waals surface area contributed by atoms with Crippen LogP contribution in [0, 0.1) is 0 Å². The van der Waals surface area contributed by atoms with Crippen LogP contribution in [-0.2, 0) is 11.3 Å². The van der Waals surface area contributed by atoms with Crippen molar-refractivity contribution < 1.29 is 4.79 Å². The molecule has 17 heavy (non-hydrogen) atoms. The summed E-state index contributed by atoms with van der Waals surface area (Å²) in [7, 11) is 4.03. The fourth-order valence-electron chi connectivity index (χ4n) is 2.13. The molecule has 0 aromatic heterocycles. The third kappa shape index (κ3) is 1.63. The third-order valence-electron chi connectivity index (χ3n) is 3.05. The van der Waals surface area contributed by atoms with Crippen LogP contribution >= 0.6 is 0 Å². The molecular weight excluding hydrogens is 216 g/mol. The van der Waals surface area contributed by atoms with Gasteiger partial charge in [0.05, 0.1) is 5.69 Å². The van der Waals surface area contributed by atoms with Gasteiger partial charge in [0.15, 0.2) is 0 Å². The Morgan fingerprint density at radius 2 is 2.18 bits per heavy atom. The van der Waals surface area contributed by atoms with Crippen LogP contribution in [0.25, 0.3) is 0 Å². The lowest BCUT2D eigenvalue weighted by molar-refractivity contribution is -0.118. The molecule has 2 aliphatic heterocycles. The Labute approximate surface area is 99.7 Å². The molecule has 2 heterocycles. The molecule has 0 spiro atoms. The summed E-state index contributed by atoms with van der Waals surface area (Å²) in [4.78, 5) is 19.8. The smallest absolute Gasteiger partial charge is 0.246 e. The number of benzene rings is 1.